The summed E-state index contributed by atoms with van der Waals surface area (Å²) in [4.78, 5) is 31.1. The molecule has 1 atom stereocenters. The minimum absolute atomic E-state index is 0.215. The maximum atomic E-state index is 13.4. The summed E-state index contributed by atoms with van der Waals surface area (Å²) in [6.45, 7) is 1.76. The minimum atomic E-state index is -0.602. The highest BCUT2D eigenvalue weighted by atomic mass is 32.1. The van der Waals surface area contributed by atoms with Crippen LogP contribution in [0, 0.1) is 0 Å². The number of allylic oxidation sites excluding steroid dienone is 1. The SMILES string of the molecule is COC(=O)C1=C(C)N=c2s/c(=C/c3ccccc3OC)c(=O)n2C1c1ccccc1. The molecular weight excluding hydrogens is 400 g/mol. The highest BCUT2D eigenvalue weighted by Gasteiger charge is 2.32. The largest absolute Gasteiger partial charge is 0.496 e. The Bertz CT molecular complexity index is 1320. The van der Waals surface area contributed by atoms with Gasteiger partial charge in [-0.2, -0.15) is 0 Å². The summed E-state index contributed by atoms with van der Waals surface area (Å²) in [5, 5.41) is 0. The number of rotatable bonds is 4. The van der Waals surface area contributed by atoms with Gasteiger partial charge in [-0.3, -0.25) is 9.36 Å². The summed E-state index contributed by atoms with van der Waals surface area (Å²) >= 11 is 1.29. The molecule has 0 fully saturated rings. The van der Waals surface area contributed by atoms with Crippen LogP contribution in [0.3, 0.4) is 0 Å². The van der Waals surface area contributed by atoms with E-state index in [1.165, 1.54) is 18.4 Å². The van der Waals surface area contributed by atoms with Crippen molar-refractivity contribution in [3.63, 3.8) is 0 Å². The van der Waals surface area contributed by atoms with E-state index >= 15 is 0 Å². The van der Waals surface area contributed by atoms with Crippen molar-refractivity contribution < 1.29 is 14.3 Å². The van der Waals surface area contributed by atoms with E-state index in [0.29, 0.717) is 26.4 Å². The number of hydrogen-bond acceptors (Lipinski definition) is 6. The summed E-state index contributed by atoms with van der Waals surface area (Å²) < 4.78 is 12.5. The number of methoxy groups -OCH3 is 2. The van der Waals surface area contributed by atoms with Crippen LogP contribution in [0.5, 0.6) is 5.75 Å². The molecule has 2 aromatic carbocycles. The number of carbonyl (C=O) groups is 1. The van der Waals surface area contributed by atoms with Crippen LogP contribution in [0.15, 0.2) is 75.7 Å². The number of hydrogen-bond donors (Lipinski definition) is 0. The van der Waals surface area contributed by atoms with E-state index < -0.39 is 12.0 Å². The predicted molar refractivity (Wildman–Crippen MR) is 115 cm³/mol. The third-order valence-corrected chi connectivity index (χ3v) is 5.95. The Morgan fingerprint density at radius 1 is 1.10 bits per heavy atom. The van der Waals surface area contributed by atoms with Gasteiger partial charge in [-0.1, -0.05) is 59.9 Å². The molecule has 30 heavy (non-hydrogen) atoms. The van der Waals surface area contributed by atoms with E-state index in [-0.39, 0.29) is 5.56 Å². The maximum Gasteiger partial charge on any atom is 0.338 e. The summed E-state index contributed by atoms with van der Waals surface area (Å²) in [6.07, 6.45) is 1.79. The molecule has 0 N–H and O–H groups in total. The number of ether oxygens (including phenoxy) is 2. The van der Waals surface area contributed by atoms with Crippen molar-refractivity contribution in [2.24, 2.45) is 4.99 Å². The van der Waals surface area contributed by atoms with Gasteiger partial charge in [0, 0.05) is 5.56 Å². The molecule has 1 unspecified atom stereocenters. The lowest BCUT2D eigenvalue weighted by molar-refractivity contribution is -0.136. The van der Waals surface area contributed by atoms with Gasteiger partial charge in [0.15, 0.2) is 4.80 Å². The number of aromatic nitrogens is 1. The molecule has 0 radical (unpaired) electrons. The molecule has 0 saturated carbocycles. The molecule has 0 aliphatic carbocycles. The van der Waals surface area contributed by atoms with E-state index in [9.17, 15) is 9.59 Å². The number of fused-ring (bicyclic) bond motifs is 1. The third-order valence-electron chi connectivity index (χ3n) is 4.97. The molecule has 1 aliphatic rings. The topological polar surface area (TPSA) is 69.9 Å². The predicted octanol–water partition coefficient (Wildman–Crippen LogP) is 2.42. The molecule has 2 heterocycles. The van der Waals surface area contributed by atoms with Gasteiger partial charge in [0.05, 0.1) is 36.1 Å². The molecule has 0 spiro atoms. The van der Waals surface area contributed by atoms with Crippen LogP contribution in [0.4, 0.5) is 0 Å². The summed E-state index contributed by atoms with van der Waals surface area (Å²) in [5.41, 5.74) is 2.30. The molecule has 0 amide bonds. The van der Waals surface area contributed by atoms with Crippen LogP contribution in [-0.4, -0.2) is 24.8 Å². The van der Waals surface area contributed by atoms with Crippen molar-refractivity contribution in [1.82, 2.24) is 4.57 Å². The zero-order valence-electron chi connectivity index (χ0n) is 16.8. The first-order valence-corrected chi connectivity index (χ1v) is 10.2. The lowest BCUT2D eigenvalue weighted by Gasteiger charge is -2.24. The number of nitrogens with zero attached hydrogens (tertiary/aromatic N) is 2. The lowest BCUT2D eigenvalue weighted by atomic mass is 9.96. The Hall–Kier alpha value is -3.45. The van der Waals surface area contributed by atoms with Crippen molar-refractivity contribution in [3.05, 3.63) is 96.7 Å². The van der Waals surface area contributed by atoms with Gasteiger partial charge in [0.2, 0.25) is 0 Å². The van der Waals surface area contributed by atoms with Gasteiger partial charge < -0.3 is 9.47 Å². The number of para-hydroxylation sites is 1. The highest BCUT2D eigenvalue weighted by molar-refractivity contribution is 7.07. The second-order valence-corrected chi connectivity index (χ2v) is 7.74. The minimum Gasteiger partial charge on any atom is -0.496 e. The Kier molecular flexibility index (Phi) is 5.37. The average Bonchev–Trinajstić information content (AvgIpc) is 3.07. The Morgan fingerprint density at radius 3 is 2.50 bits per heavy atom. The van der Waals surface area contributed by atoms with E-state index in [1.807, 2.05) is 54.6 Å². The van der Waals surface area contributed by atoms with Gasteiger partial charge in [-0.05, 0) is 24.6 Å². The molecule has 152 valence electrons. The van der Waals surface area contributed by atoms with E-state index in [2.05, 4.69) is 4.99 Å². The molecule has 0 saturated heterocycles. The van der Waals surface area contributed by atoms with Gasteiger partial charge in [-0.15, -0.1) is 0 Å². The molecule has 1 aromatic heterocycles. The van der Waals surface area contributed by atoms with E-state index in [4.69, 9.17) is 9.47 Å². The van der Waals surface area contributed by atoms with Gasteiger partial charge >= 0.3 is 5.97 Å². The fourth-order valence-corrected chi connectivity index (χ4v) is 4.61. The van der Waals surface area contributed by atoms with Crippen molar-refractivity contribution in [3.8, 4) is 5.75 Å². The smallest absolute Gasteiger partial charge is 0.338 e. The van der Waals surface area contributed by atoms with Crippen molar-refractivity contribution >= 4 is 23.4 Å². The normalized spacial score (nSPS) is 16.1. The van der Waals surface area contributed by atoms with Crippen molar-refractivity contribution in [2.75, 3.05) is 14.2 Å². The maximum absolute atomic E-state index is 13.4. The fourth-order valence-electron chi connectivity index (χ4n) is 3.57. The first-order chi connectivity index (χ1) is 14.5. The summed E-state index contributed by atoms with van der Waals surface area (Å²) in [7, 11) is 2.92. The number of esters is 1. The van der Waals surface area contributed by atoms with Gasteiger partial charge in [0.25, 0.3) is 5.56 Å². The standard InChI is InChI=1S/C23H20N2O4S/c1-14-19(22(27)29-3)20(15-9-5-4-6-10-15)25-21(26)18(30-23(25)24-14)13-16-11-7-8-12-17(16)28-2/h4-13,20H,1-3H3/b18-13+. The van der Waals surface area contributed by atoms with Crippen LogP contribution in [0.2, 0.25) is 0 Å². The number of thiazole rings is 1. The van der Waals surface area contributed by atoms with E-state index in [1.54, 1.807) is 24.7 Å². The number of benzene rings is 2. The zero-order valence-corrected chi connectivity index (χ0v) is 17.6. The van der Waals surface area contributed by atoms with E-state index in [0.717, 1.165) is 11.1 Å². The molecule has 7 heteroatoms. The van der Waals surface area contributed by atoms with Crippen LogP contribution in [-0.2, 0) is 9.53 Å². The van der Waals surface area contributed by atoms with Crippen LogP contribution in [0.25, 0.3) is 6.08 Å². The van der Waals surface area contributed by atoms with Crippen LogP contribution in [0.1, 0.15) is 24.1 Å². The lowest BCUT2D eigenvalue weighted by Crippen LogP contribution is -2.39. The van der Waals surface area contributed by atoms with Gasteiger partial charge in [0.1, 0.15) is 5.75 Å². The first kappa shape index (κ1) is 19.8. The van der Waals surface area contributed by atoms with Crippen LogP contribution < -0.4 is 19.6 Å². The molecule has 1 aliphatic heterocycles. The third kappa shape index (κ3) is 3.37. The van der Waals surface area contributed by atoms with Crippen molar-refractivity contribution in [1.29, 1.82) is 0 Å². The number of carbonyl (C=O) groups excluding carboxylic acids is 1. The molecule has 0 bridgehead atoms. The Labute approximate surface area is 177 Å². The molecular formula is C23H20N2O4S. The fraction of sp³-hybridized carbons (Fsp3) is 0.174. The van der Waals surface area contributed by atoms with Crippen LogP contribution >= 0.6 is 11.3 Å². The quantitative estimate of drug-likeness (QED) is 0.608. The van der Waals surface area contributed by atoms with Crippen molar-refractivity contribution in [2.45, 2.75) is 13.0 Å². The summed E-state index contributed by atoms with van der Waals surface area (Å²) in [6, 6.07) is 16.3. The monoisotopic (exact) mass is 420 g/mol. The average molecular weight is 420 g/mol. The second-order valence-electron chi connectivity index (χ2n) is 6.73. The summed E-state index contributed by atoms with van der Waals surface area (Å²) in [5.74, 6) is 0.179. The first-order valence-electron chi connectivity index (χ1n) is 9.34. The molecule has 3 aromatic rings. The van der Waals surface area contributed by atoms with Gasteiger partial charge in [-0.25, -0.2) is 9.79 Å². The molecule has 4 rings (SSSR count). The zero-order chi connectivity index (χ0) is 21.3. The molecule has 6 nitrogen and oxygen atoms in total. The highest BCUT2D eigenvalue weighted by Crippen LogP contribution is 2.30. The Balaban J connectivity index is 1.99. The Morgan fingerprint density at radius 2 is 1.80 bits per heavy atom. The second kappa shape index (κ2) is 8.12.